The van der Waals surface area contributed by atoms with Crippen molar-refractivity contribution < 1.29 is 14.7 Å². The Morgan fingerprint density at radius 3 is 2.93 bits per heavy atom. The monoisotopic (exact) mass is 195 g/mol. The summed E-state index contributed by atoms with van der Waals surface area (Å²) in [7, 11) is 0. The molecule has 1 N–H and O–H groups in total. The molecule has 1 fully saturated rings. The third kappa shape index (κ3) is 2.25. The lowest BCUT2D eigenvalue weighted by molar-refractivity contribution is -0.139. The molecule has 0 aromatic carbocycles. The molecule has 4 nitrogen and oxygen atoms in total. The third-order valence-corrected chi connectivity index (χ3v) is 2.40. The molecule has 1 saturated heterocycles. The number of terminal acetylenes is 1. The Kier molecular flexibility index (Phi) is 3.13. The number of hydrogen-bond donors (Lipinski definition) is 1. The van der Waals surface area contributed by atoms with Crippen LogP contribution in [0.15, 0.2) is 0 Å². The lowest BCUT2D eigenvalue weighted by atomic mass is 10.1. The normalized spacial score (nSPS) is 23.3. The maximum Gasteiger partial charge on any atom is 0.305 e. The van der Waals surface area contributed by atoms with E-state index in [0.717, 1.165) is 0 Å². The number of carboxylic acid groups (broad SMARTS) is 1. The number of likely N-dealkylation sites (tertiary alicyclic amines) is 1. The van der Waals surface area contributed by atoms with Crippen LogP contribution in [0.4, 0.5) is 0 Å². The smallest absolute Gasteiger partial charge is 0.305 e. The van der Waals surface area contributed by atoms with E-state index in [0.29, 0.717) is 13.0 Å². The molecule has 0 saturated carbocycles. The summed E-state index contributed by atoms with van der Waals surface area (Å²) in [5, 5.41) is 8.58. The van der Waals surface area contributed by atoms with Gasteiger partial charge in [-0.25, -0.2) is 0 Å². The van der Waals surface area contributed by atoms with E-state index < -0.39 is 5.97 Å². The highest BCUT2D eigenvalue weighted by Gasteiger charge is 2.32. The summed E-state index contributed by atoms with van der Waals surface area (Å²) >= 11 is 0. The zero-order chi connectivity index (χ0) is 10.7. The molecule has 76 valence electrons. The molecule has 0 aromatic heterocycles. The van der Waals surface area contributed by atoms with Gasteiger partial charge in [-0.1, -0.05) is 0 Å². The van der Waals surface area contributed by atoms with E-state index >= 15 is 0 Å². The molecule has 0 aromatic rings. The van der Waals surface area contributed by atoms with Crippen molar-refractivity contribution in [1.82, 2.24) is 4.90 Å². The molecule has 1 amide bonds. The second-order valence-electron chi connectivity index (χ2n) is 3.56. The number of carbonyl (C=O) groups excluding carboxylic acids is 1. The Morgan fingerprint density at radius 1 is 1.86 bits per heavy atom. The first-order valence-corrected chi connectivity index (χ1v) is 4.52. The largest absolute Gasteiger partial charge is 0.481 e. The van der Waals surface area contributed by atoms with Crippen molar-refractivity contribution in [2.75, 3.05) is 6.54 Å². The summed E-state index contributed by atoms with van der Waals surface area (Å²) in [6.07, 6.45) is 5.54. The van der Waals surface area contributed by atoms with Gasteiger partial charge < -0.3 is 10.0 Å². The molecule has 0 spiro atoms. The average Bonchev–Trinajstić information content (AvgIpc) is 2.45. The van der Waals surface area contributed by atoms with Crippen LogP contribution in [0.1, 0.15) is 19.8 Å². The number of nitrogens with zero attached hydrogens (tertiary/aromatic N) is 1. The highest BCUT2D eigenvalue weighted by molar-refractivity contribution is 5.80. The Balaban J connectivity index is 2.57. The van der Waals surface area contributed by atoms with Gasteiger partial charge in [0.15, 0.2) is 0 Å². The summed E-state index contributed by atoms with van der Waals surface area (Å²) < 4.78 is 0. The van der Waals surface area contributed by atoms with Crippen LogP contribution in [-0.4, -0.2) is 34.5 Å². The van der Waals surface area contributed by atoms with Crippen molar-refractivity contribution >= 4 is 11.9 Å². The van der Waals surface area contributed by atoms with E-state index in [2.05, 4.69) is 5.92 Å². The minimum Gasteiger partial charge on any atom is -0.481 e. The van der Waals surface area contributed by atoms with E-state index in [-0.39, 0.29) is 24.3 Å². The summed E-state index contributed by atoms with van der Waals surface area (Å²) in [5.74, 6) is 1.53. The minimum absolute atomic E-state index is 0.0248. The first-order chi connectivity index (χ1) is 6.54. The van der Waals surface area contributed by atoms with Crippen LogP contribution in [0.2, 0.25) is 0 Å². The van der Waals surface area contributed by atoms with Gasteiger partial charge in [-0.05, 0) is 6.92 Å². The predicted molar refractivity (Wildman–Crippen MR) is 50.4 cm³/mol. The number of rotatable bonds is 3. The van der Waals surface area contributed by atoms with Gasteiger partial charge in [0.2, 0.25) is 5.91 Å². The number of carboxylic acids is 1. The number of carbonyl (C=O) groups is 2. The van der Waals surface area contributed by atoms with Gasteiger partial charge in [-0.15, -0.1) is 12.3 Å². The molecule has 0 radical (unpaired) electrons. The Labute approximate surface area is 82.9 Å². The molecule has 1 aliphatic rings. The van der Waals surface area contributed by atoms with E-state index in [1.807, 2.05) is 0 Å². The predicted octanol–water partition coefficient (Wildman–Crippen LogP) is 0.331. The molecule has 4 heteroatoms. The van der Waals surface area contributed by atoms with Gasteiger partial charge in [0.05, 0.1) is 6.42 Å². The van der Waals surface area contributed by atoms with E-state index in [1.54, 1.807) is 11.8 Å². The summed E-state index contributed by atoms with van der Waals surface area (Å²) in [6.45, 7) is 2.22. The average molecular weight is 195 g/mol. The van der Waals surface area contributed by atoms with Crippen LogP contribution in [0.25, 0.3) is 0 Å². The van der Waals surface area contributed by atoms with Gasteiger partial charge in [0, 0.05) is 24.9 Å². The SMILES string of the molecule is C#CC1CC(=O)N(C(C)CC(=O)O)C1. The number of aliphatic carboxylic acids is 1. The minimum atomic E-state index is -0.894. The molecule has 1 aliphatic heterocycles. The van der Waals surface area contributed by atoms with Crippen molar-refractivity contribution in [3.8, 4) is 12.3 Å². The third-order valence-electron chi connectivity index (χ3n) is 2.40. The molecular weight excluding hydrogens is 182 g/mol. The van der Waals surface area contributed by atoms with E-state index in [9.17, 15) is 9.59 Å². The van der Waals surface area contributed by atoms with Crippen molar-refractivity contribution in [3.63, 3.8) is 0 Å². The Bertz CT molecular complexity index is 292. The highest BCUT2D eigenvalue weighted by atomic mass is 16.4. The van der Waals surface area contributed by atoms with Gasteiger partial charge >= 0.3 is 5.97 Å². The maximum atomic E-state index is 11.4. The van der Waals surface area contributed by atoms with Gasteiger partial charge in [0.25, 0.3) is 0 Å². The molecule has 14 heavy (non-hydrogen) atoms. The molecule has 1 heterocycles. The molecule has 2 atom stereocenters. The Hall–Kier alpha value is -1.50. The zero-order valence-corrected chi connectivity index (χ0v) is 8.06. The van der Waals surface area contributed by atoms with Crippen molar-refractivity contribution in [1.29, 1.82) is 0 Å². The number of hydrogen-bond acceptors (Lipinski definition) is 2. The van der Waals surface area contributed by atoms with E-state index in [4.69, 9.17) is 11.5 Å². The van der Waals surface area contributed by atoms with Gasteiger partial charge in [-0.2, -0.15) is 0 Å². The molecule has 0 aliphatic carbocycles. The standard InChI is InChI=1S/C10H13NO3/c1-3-8-5-9(12)11(6-8)7(2)4-10(13)14/h1,7-8H,4-6H2,2H3,(H,13,14). The van der Waals surface area contributed by atoms with Crippen LogP contribution in [-0.2, 0) is 9.59 Å². The maximum absolute atomic E-state index is 11.4. The Morgan fingerprint density at radius 2 is 2.50 bits per heavy atom. The van der Waals surface area contributed by atoms with Crippen LogP contribution in [0, 0.1) is 18.3 Å². The molecule has 2 unspecified atom stereocenters. The second kappa shape index (κ2) is 4.14. The topological polar surface area (TPSA) is 57.6 Å². The highest BCUT2D eigenvalue weighted by Crippen LogP contribution is 2.20. The van der Waals surface area contributed by atoms with Crippen molar-refractivity contribution in [3.05, 3.63) is 0 Å². The fourth-order valence-electron chi connectivity index (χ4n) is 1.63. The van der Waals surface area contributed by atoms with Crippen molar-refractivity contribution in [2.24, 2.45) is 5.92 Å². The van der Waals surface area contributed by atoms with Crippen LogP contribution >= 0.6 is 0 Å². The summed E-state index contributed by atoms with van der Waals surface area (Å²) in [6, 6.07) is -0.265. The fraction of sp³-hybridized carbons (Fsp3) is 0.600. The first kappa shape index (κ1) is 10.6. The number of amides is 1. The van der Waals surface area contributed by atoms with E-state index in [1.165, 1.54) is 0 Å². The van der Waals surface area contributed by atoms with Crippen molar-refractivity contribution in [2.45, 2.75) is 25.8 Å². The van der Waals surface area contributed by atoms with Gasteiger partial charge in [-0.3, -0.25) is 9.59 Å². The molecular formula is C10H13NO3. The first-order valence-electron chi connectivity index (χ1n) is 4.52. The summed E-state index contributed by atoms with van der Waals surface area (Å²) in [4.78, 5) is 23.4. The fourth-order valence-corrected chi connectivity index (χ4v) is 1.63. The van der Waals surface area contributed by atoms with Crippen LogP contribution in [0.3, 0.4) is 0 Å². The van der Waals surface area contributed by atoms with Crippen LogP contribution < -0.4 is 0 Å². The molecule has 1 rings (SSSR count). The quantitative estimate of drug-likeness (QED) is 0.660. The zero-order valence-electron chi connectivity index (χ0n) is 8.06. The van der Waals surface area contributed by atoms with Gasteiger partial charge in [0.1, 0.15) is 0 Å². The molecule has 0 bridgehead atoms. The second-order valence-corrected chi connectivity index (χ2v) is 3.56. The van der Waals surface area contributed by atoms with Crippen LogP contribution in [0.5, 0.6) is 0 Å². The lowest BCUT2D eigenvalue weighted by Crippen LogP contribution is -2.35. The lowest BCUT2D eigenvalue weighted by Gasteiger charge is -2.22. The summed E-state index contributed by atoms with van der Waals surface area (Å²) in [5.41, 5.74) is 0.